The number of aryl methyl sites for hydroxylation is 1. The molecule has 212 valence electrons. The smallest absolute Gasteiger partial charge is 0.350 e. The Morgan fingerprint density at radius 3 is 2.48 bits per heavy atom. The number of aliphatic hydroxyl groups is 2. The average Bonchev–Trinajstić information content (AvgIpc) is 3.09. The van der Waals surface area contributed by atoms with Crippen LogP contribution in [0.2, 0.25) is 0 Å². The number of benzene rings is 2. The summed E-state index contributed by atoms with van der Waals surface area (Å²) in [5.74, 6) is -0.867. The summed E-state index contributed by atoms with van der Waals surface area (Å²) in [6, 6.07) is 4.91. The minimum absolute atomic E-state index is 0.0193. The topological polar surface area (TPSA) is 98.9 Å². The fourth-order valence-electron chi connectivity index (χ4n) is 5.96. The van der Waals surface area contributed by atoms with E-state index in [9.17, 15) is 24.2 Å². The Balaban J connectivity index is 1.78. The second-order valence-corrected chi connectivity index (χ2v) is 11.9. The molecule has 1 fully saturated rings. The maximum atomic E-state index is 15.1. The zero-order valence-electron chi connectivity index (χ0n) is 22.7. The summed E-state index contributed by atoms with van der Waals surface area (Å²) in [7, 11) is 0. The number of halogens is 2. The van der Waals surface area contributed by atoms with E-state index in [4.69, 9.17) is 0 Å². The maximum Gasteiger partial charge on any atom is 0.350 e. The number of nitrogens with zero attached hydrogens (tertiary/aromatic N) is 4. The fraction of sp³-hybridized carbons (Fsp3) is 0.414. The zero-order chi connectivity index (χ0) is 28.9. The first-order chi connectivity index (χ1) is 19.0. The first-order valence-corrected chi connectivity index (χ1v) is 14.1. The molecule has 40 heavy (non-hydrogen) atoms. The molecule has 0 spiro atoms. The highest BCUT2D eigenvalue weighted by Crippen LogP contribution is 2.46. The van der Waals surface area contributed by atoms with Crippen LogP contribution >= 0.6 is 11.8 Å². The van der Waals surface area contributed by atoms with Gasteiger partial charge in [-0.05, 0) is 50.6 Å². The summed E-state index contributed by atoms with van der Waals surface area (Å²) in [4.78, 5) is 35.0. The number of anilines is 1. The van der Waals surface area contributed by atoms with Gasteiger partial charge in [0.2, 0.25) is 5.91 Å². The Morgan fingerprint density at radius 1 is 1.20 bits per heavy atom. The predicted molar refractivity (Wildman–Crippen MR) is 152 cm³/mol. The van der Waals surface area contributed by atoms with Gasteiger partial charge in [-0.1, -0.05) is 6.58 Å². The van der Waals surface area contributed by atoms with Crippen LogP contribution in [0.1, 0.15) is 19.4 Å². The van der Waals surface area contributed by atoms with Gasteiger partial charge in [-0.25, -0.2) is 13.6 Å². The van der Waals surface area contributed by atoms with E-state index in [1.807, 2.05) is 31.7 Å². The molecule has 2 atom stereocenters. The molecular weight excluding hydrogens is 538 g/mol. The Hall–Kier alpha value is -3.28. The van der Waals surface area contributed by atoms with E-state index >= 15 is 4.39 Å². The first-order valence-electron chi connectivity index (χ1n) is 13.1. The molecule has 8 nitrogen and oxygen atoms in total. The van der Waals surface area contributed by atoms with Crippen molar-refractivity contribution in [2.75, 3.05) is 37.0 Å². The molecule has 0 aliphatic carbocycles. The van der Waals surface area contributed by atoms with Crippen LogP contribution in [0.4, 0.5) is 14.6 Å². The van der Waals surface area contributed by atoms with Crippen molar-refractivity contribution < 1.29 is 23.8 Å². The van der Waals surface area contributed by atoms with Crippen LogP contribution < -0.4 is 10.6 Å². The lowest BCUT2D eigenvalue weighted by Crippen LogP contribution is -2.58. The fourth-order valence-corrected chi connectivity index (χ4v) is 7.46. The van der Waals surface area contributed by atoms with Crippen LogP contribution in [0.5, 0.6) is 0 Å². The second-order valence-electron chi connectivity index (χ2n) is 10.9. The number of hydrogen-bond donors (Lipinski definition) is 2. The Kier molecular flexibility index (Phi) is 7.49. The van der Waals surface area contributed by atoms with E-state index in [2.05, 4.69) is 11.6 Å². The molecule has 2 aliphatic rings. The summed E-state index contributed by atoms with van der Waals surface area (Å²) >= 11 is 1.33. The minimum atomic E-state index is -1.02. The number of thioether (sulfide) groups is 1. The molecule has 2 aromatic carbocycles. The van der Waals surface area contributed by atoms with Gasteiger partial charge in [0.1, 0.15) is 17.5 Å². The lowest BCUT2D eigenvalue weighted by Gasteiger charge is -2.44. The van der Waals surface area contributed by atoms with Crippen molar-refractivity contribution in [3.63, 3.8) is 0 Å². The number of piperazine rings is 1. The molecule has 11 heteroatoms. The number of carbonyl (C=O) groups is 1. The van der Waals surface area contributed by atoms with Gasteiger partial charge in [-0.2, -0.15) is 4.98 Å². The van der Waals surface area contributed by atoms with Crippen molar-refractivity contribution in [2.45, 2.75) is 44.3 Å². The van der Waals surface area contributed by atoms with Crippen LogP contribution in [0, 0.1) is 24.0 Å². The quantitative estimate of drug-likeness (QED) is 0.454. The van der Waals surface area contributed by atoms with Crippen LogP contribution in [-0.4, -0.2) is 74.7 Å². The number of carbonyl (C=O) groups excluding carboxylic acids is 1. The minimum Gasteiger partial charge on any atom is -0.396 e. The standard InChI is InChI=1S/C29H32F2N4O4S/c1-5-23(38)35-17(3)10-33(11-18(35)4)27-21-8-16(2)24(20-7-6-19(30)9-22(20)31)26-25(21)34(28(39)32-27)12-29(13-36,14-37)15-40-26/h5-9,17-18,36-37H,1,10-15H2,2-4H3/t17-,18+. The van der Waals surface area contributed by atoms with Crippen molar-refractivity contribution in [2.24, 2.45) is 5.41 Å². The highest BCUT2D eigenvalue weighted by atomic mass is 32.2. The van der Waals surface area contributed by atoms with Crippen molar-refractivity contribution in [1.29, 1.82) is 0 Å². The monoisotopic (exact) mass is 570 g/mol. The number of hydrogen-bond acceptors (Lipinski definition) is 7. The summed E-state index contributed by atoms with van der Waals surface area (Å²) in [5, 5.41) is 21.2. The molecule has 0 unspecified atom stereocenters. The van der Waals surface area contributed by atoms with Crippen molar-refractivity contribution >= 4 is 34.4 Å². The normalized spacial score (nSPS) is 20.5. The van der Waals surface area contributed by atoms with Gasteiger partial charge in [0, 0.05) is 70.4 Å². The van der Waals surface area contributed by atoms with Gasteiger partial charge in [0.05, 0.1) is 18.7 Å². The second kappa shape index (κ2) is 10.6. The van der Waals surface area contributed by atoms with Gasteiger partial charge in [0.15, 0.2) is 0 Å². The molecule has 0 saturated carbocycles. The molecule has 1 aromatic heterocycles. The summed E-state index contributed by atoms with van der Waals surface area (Å²) < 4.78 is 30.4. The van der Waals surface area contributed by atoms with E-state index < -0.39 is 22.7 Å². The zero-order valence-corrected chi connectivity index (χ0v) is 23.5. The largest absolute Gasteiger partial charge is 0.396 e. The Morgan fingerprint density at radius 2 is 1.88 bits per heavy atom. The molecular formula is C29H32F2N4O4S. The maximum absolute atomic E-state index is 15.1. The van der Waals surface area contributed by atoms with Gasteiger partial charge in [0.25, 0.3) is 0 Å². The van der Waals surface area contributed by atoms with Crippen LogP contribution in [0.3, 0.4) is 0 Å². The van der Waals surface area contributed by atoms with Gasteiger partial charge in [-0.15, -0.1) is 11.8 Å². The predicted octanol–water partition coefficient (Wildman–Crippen LogP) is 3.34. The van der Waals surface area contributed by atoms with Crippen LogP contribution in [-0.2, 0) is 11.3 Å². The molecule has 1 amide bonds. The first kappa shape index (κ1) is 28.3. The van der Waals surface area contributed by atoms with E-state index in [1.54, 1.807) is 4.90 Å². The third-order valence-electron chi connectivity index (χ3n) is 7.93. The van der Waals surface area contributed by atoms with Crippen molar-refractivity contribution in [3.8, 4) is 11.1 Å². The van der Waals surface area contributed by atoms with E-state index in [0.717, 1.165) is 6.07 Å². The lowest BCUT2D eigenvalue weighted by atomic mass is 9.92. The highest BCUT2D eigenvalue weighted by Gasteiger charge is 2.38. The van der Waals surface area contributed by atoms with Gasteiger partial charge < -0.3 is 20.0 Å². The van der Waals surface area contributed by atoms with Crippen molar-refractivity contribution in [3.05, 3.63) is 64.6 Å². The summed E-state index contributed by atoms with van der Waals surface area (Å²) in [6.07, 6.45) is 1.30. The van der Waals surface area contributed by atoms with Crippen molar-refractivity contribution in [1.82, 2.24) is 14.5 Å². The van der Waals surface area contributed by atoms with E-state index in [0.29, 0.717) is 45.8 Å². The number of rotatable bonds is 5. The van der Waals surface area contributed by atoms with Gasteiger partial charge in [-0.3, -0.25) is 9.36 Å². The van der Waals surface area contributed by atoms with Crippen LogP contribution in [0.15, 0.2) is 46.6 Å². The van der Waals surface area contributed by atoms with Crippen LogP contribution in [0.25, 0.3) is 22.0 Å². The Labute approximate surface area is 234 Å². The lowest BCUT2D eigenvalue weighted by molar-refractivity contribution is -0.130. The third kappa shape index (κ3) is 4.59. The Bertz CT molecular complexity index is 1560. The number of aromatic nitrogens is 2. The molecule has 1 saturated heterocycles. The molecule has 5 rings (SSSR count). The SMILES string of the molecule is C=CC(=O)N1[C@H](C)CN(c2nc(=O)n3c4c(c(-c5ccc(F)cc5F)c(C)cc24)SCC(CO)(CO)C3)C[C@@H]1C. The molecule has 0 radical (unpaired) electrons. The van der Waals surface area contributed by atoms with E-state index in [-0.39, 0.29) is 49.1 Å². The average molecular weight is 571 g/mol. The van der Waals surface area contributed by atoms with Gasteiger partial charge >= 0.3 is 5.69 Å². The molecule has 3 aromatic rings. The summed E-state index contributed by atoms with van der Waals surface area (Å²) in [6.45, 7) is 9.45. The molecule has 0 bridgehead atoms. The van der Waals surface area contributed by atoms with E-state index in [1.165, 1.54) is 34.5 Å². The molecule has 3 heterocycles. The molecule has 2 aliphatic heterocycles. The third-order valence-corrected chi connectivity index (χ3v) is 9.37. The number of aliphatic hydroxyl groups excluding tert-OH is 2. The number of amides is 1. The molecule has 2 N–H and O–H groups in total. The highest BCUT2D eigenvalue weighted by molar-refractivity contribution is 7.99. The summed E-state index contributed by atoms with van der Waals surface area (Å²) in [5.41, 5.74) is 0.372.